The standard InChI is InChI=1S/C30H34O4/c1-3-5-9-22-10-8-13-27-25(24-11-6-7-12-26(24)29(22)27)18-19-34-23-16-14-21(15-17-23)20-28(30(31)32)33-4-2/h6-8,10-17,25,28H,3-5,9,18-20H2,1-2H3,(H,31,32). The normalized spacial score (nSPS) is 14.9. The molecule has 0 fully saturated rings. The number of carbonyl (C=O) groups is 1. The average molecular weight is 459 g/mol. The fraction of sp³-hybridized carbons (Fsp3) is 0.367. The summed E-state index contributed by atoms with van der Waals surface area (Å²) in [6.07, 6.45) is 3.97. The highest BCUT2D eigenvalue weighted by Gasteiger charge is 2.29. The molecule has 0 aliphatic heterocycles. The van der Waals surface area contributed by atoms with E-state index in [-0.39, 0.29) is 0 Å². The number of carboxylic acids is 1. The van der Waals surface area contributed by atoms with E-state index in [1.165, 1.54) is 40.7 Å². The monoisotopic (exact) mass is 458 g/mol. The van der Waals surface area contributed by atoms with Crippen LogP contribution in [0.15, 0.2) is 66.7 Å². The Kier molecular flexibility index (Phi) is 8.02. The molecule has 1 N–H and O–H groups in total. The second-order valence-corrected chi connectivity index (χ2v) is 8.89. The summed E-state index contributed by atoms with van der Waals surface area (Å²) in [6.45, 7) is 5.05. The summed E-state index contributed by atoms with van der Waals surface area (Å²) in [5.41, 5.74) is 8.01. The zero-order chi connectivity index (χ0) is 23.9. The lowest BCUT2D eigenvalue weighted by atomic mass is 9.92. The van der Waals surface area contributed by atoms with Gasteiger partial charge in [-0.05, 0) is 71.7 Å². The third-order valence-corrected chi connectivity index (χ3v) is 6.63. The van der Waals surface area contributed by atoms with Gasteiger partial charge in [0.05, 0.1) is 6.61 Å². The number of hydrogen-bond acceptors (Lipinski definition) is 3. The molecule has 1 aliphatic rings. The lowest BCUT2D eigenvalue weighted by molar-refractivity contribution is -0.149. The second-order valence-electron chi connectivity index (χ2n) is 8.89. The van der Waals surface area contributed by atoms with E-state index in [2.05, 4.69) is 49.4 Å². The summed E-state index contributed by atoms with van der Waals surface area (Å²) in [7, 11) is 0. The van der Waals surface area contributed by atoms with Gasteiger partial charge in [0.15, 0.2) is 6.10 Å². The molecule has 0 saturated heterocycles. The van der Waals surface area contributed by atoms with E-state index in [4.69, 9.17) is 9.47 Å². The van der Waals surface area contributed by atoms with Crippen molar-refractivity contribution in [3.8, 4) is 16.9 Å². The molecule has 0 aromatic heterocycles. The molecule has 2 unspecified atom stereocenters. The Morgan fingerprint density at radius 2 is 1.74 bits per heavy atom. The molecule has 4 nitrogen and oxygen atoms in total. The largest absolute Gasteiger partial charge is 0.494 e. The van der Waals surface area contributed by atoms with E-state index in [1.807, 2.05) is 24.3 Å². The highest BCUT2D eigenvalue weighted by molar-refractivity contribution is 5.81. The summed E-state index contributed by atoms with van der Waals surface area (Å²) in [6, 6.07) is 23.2. The Morgan fingerprint density at radius 1 is 0.971 bits per heavy atom. The average Bonchev–Trinajstić information content (AvgIpc) is 3.18. The summed E-state index contributed by atoms with van der Waals surface area (Å²) < 4.78 is 11.4. The molecule has 0 spiro atoms. The minimum Gasteiger partial charge on any atom is -0.494 e. The van der Waals surface area contributed by atoms with Crippen molar-refractivity contribution in [3.63, 3.8) is 0 Å². The Balaban J connectivity index is 1.42. The maximum Gasteiger partial charge on any atom is 0.333 e. The van der Waals surface area contributed by atoms with Gasteiger partial charge in [0.2, 0.25) is 0 Å². The zero-order valence-electron chi connectivity index (χ0n) is 20.1. The van der Waals surface area contributed by atoms with Crippen molar-refractivity contribution < 1.29 is 19.4 Å². The van der Waals surface area contributed by atoms with Crippen molar-refractivity contribution in [1.82, 2.24) is 0 Å². The van der Waals surface area contributed by atoms with Crippen LogP contribution in [0.5, 0.6) is 5.75 Å². The minimum absolute atomic E-state index is 0.342. The molecule has 3 aromatic carbocycles. The number of benzene rings is 3. The van der Waals surface area contributed by atoms with Crippen LogP contribution in [0.2, 0.25) is 0 Å². The Labute approximate surface area is 202 Å². The van der Waals surface area contributed by atoms with Crippen LogP contribution >= 0.6 is 0 Å². The third-order valence-electron chi connectivity index (χ3n) is 6.63. The molecular formula is C30H34O4. The van der Waals surface area contributed by atoms with Crippen LogP contribution in [0.1, 0.15) is 61.3 Å². The van der Waals surface area contributed by atoms with E-state index in [1.54, 1.807) is 6.92 Å². The third kappa shape index (κ3) is 5.34. The number of hydrogen-bond donors (Lipinski definition) is 1. The number of aryl methyl sites for hydroxylation is 1. The fourth-order valence-electron chi connectivity index (χ4n) is 4.97. The molecule has 4 heteroatoms. The molecule has 0 bridgehead atoms. The van der Waals surface area contributed by atoms with Crippen LogP contribution in [-0.2, 0) is 22.4 Å². The number of rotatable bonds is 12. The van der Waals surface area contributed by atoms with E-state index in [0.29, 0.717) is 25.6 Å². The van der Waals surface area contributed by atoms with Crippen molar-refractivity contribution >= 4 is 5.97 Å². The first-order valence-corrected chi connectivity index (χ1v) is 12.4. The SMILES string of the molecule is CCCCc1cccc2c1-c1ccccc1C2CCOc1ccc(CC(OCC)C(=O)O)cc1. The van der Waals surface area contributed by atoms with E-state index >= 15 is 0 Å². The van der Waals surface area contributed by atoms with Crippen LogP contribution in [0, 0.1) is 0 Å². The van der Waals surface area contributed by atoms with Crippen molar-refractivity contribution in [2.24, 2.45) is 0 Å². The Hall–Kier alpha value is -3.11. The van der Waals surface area contributed by atoms with Gasteiger partial charge in [0.1, 0.15) is 5.75 Å². The van der Waals surface area contributed by atoms with Crippen molar-refractivity contribution in [3.05, 3.63) is 89.0 Å². The van der Waals surface area contributed by atoms with Crippen LogP contribution in [0.4, 0.5) is 0 Å². The molecular weight excluding hydrogens is 424 g/mol. The first-order valence-electron chi connectivity index (χ1n) is 12.4. The van der Waals surface area contributed by atoms with Crippen LogP contribution in [0.3, 0.4) is 0 Å². The molecule has 3 aromatic rings. The summed E-state index contributed by atoms with van der Waals surface area (Å²) in [5.74, 6) is 0.210. The Bertz CT molecular complexity index is 1100. The highest BCUT2D eigenvalue weighted by Crippen LogP contribution is 2.48. The zero-order valence-corrected chi connectivity index (χ0v) is 20.1. The lowest BCUT2D eigenvalue weighted by Crippen LogP contribution is -2.26. The van der Waals surface area contributed by atoms with Gasteiger partial charge < -0.3 is 14.6 Å². The van der Waals surface area contributed by atoms with Gasteiger partial charge in [-0.3, -0.25) is 0 Å². The van der Waals surface area contributed by atoms with Crippen molar-refractivity contribution in [2.45, 2.75) is 58.0 Å². The summed E-state index contributed by atoms with van der Waals surface area (Å²) in [5, 5.41) is 9.29. The second kappa shape index (κ2) is 11.3. The maximum absolute atomic E-state index is 11.3. The van der Waals surface area contributed by atoms with Crippen molar-refractivity contribution in [1.29, 1.82) is 0 Å². The number of fused-ring (bicyclic) bond motifs is 3. The summed E-state index contributed by atoms with van der Waals surface area (Å²) >= 11 is 0. The smallest absolute Gasteiger partial charge is 0.333 e. The first kappa shape index (κ1) is 24.0. The lowest BCUT2D eigenvalue weighted by Gasteiger charge is -2.16. The molecule has 1 aliphatic carbocycles. The maximum atomic E-state index is 11.3. The van der Waals surface area contributed by atoms with Gasteiger partial charge in [0.25, 0.3) is 0 Å². The van der Waals surface area contributed by atoms with E-state index in [9.17, 15) is 9.90 Å². The van der Waals surface area contributed by atoms with Gasteiger partial charge in [-0.25, -0.2) is 4.79 Å². The minimum atomic E-state index is -0.933. The van der Waals surface area contributed by atoms with Crippen LogP contribution in [-0.4, -0.2) is 30.4 Å². The first-order chi connectivity index (χ1) is 16.6. The van der Waals surface area contributed by atoms with Crippen LogP contribution < -0.4 is 4.74 Å². The number of unbranched alkanes of at least 4 members (excludes halogenated alkanes) is 1. The number of aliphatic carboxylic acids is 1. The molecule has 178 valence electrons. The predicted octanol–water partition coefficient (Wildman–Crippen LogP) is 6.64. The van der Waals surface area contributed by atoms with Gasteiger partial charge >= 0.3 is 5.97 Å². The molecule has 34 heavy (non-hydrogen) atoms. The molecule has 0 amide bonds. The predicted molar refractivity (Wildman–Crippen MR) is 136 cm³/mol. The number of carboxylic acid groups (broad SMARTS) is 1. The number of ether oxygens (including phenoxy) is 2. The fourth-order valence-corrected chi connectivity index (χ4v) is 4.97. The summed E-state index contributed by atoms with van der Waals surface area (Å²) in [4.78, 5) is 11.3. The molecule has 0 radical (unpaired) electrons. The van der Waals surface area contributed by atoms with E-state index in [0.717, 1.165) is 24.2 Å². The van der Waals surface area contributed by atoms with Gasteiger partial charge in [0, 0.05) is 18.9 Å². The quantitative estimate of drug-likeness (QED) is 0.330. The topological polar surface area (TPSA) is 55.8 Å². The molecule has 0 heterocycles. The molecule has 2 atom stereocenters. The van der Waals surface area contributed by atoms with Gasteiger partial charge in [-0.15, -0.1) is 0 Å². The van der Waals surface area contributed by atoms with Crippen LogP contribution in [0.25, 0.3) is 11.1 Å². The highest BCUT2D eigenvalue weighted by atomic mass is 16.5. The van der Waals surface area contributed by atoms with E-state index < -0.39 is 12.1 Å². The van der Waals surface area contributed by atoms with Gasteiger partial charge in [-0.2, -0.15) is 0 Å². The van der Waals surface area contributed by atoms with Crippen molar-refractivity contribution in [2.75, 3.05) is 13.2 Å². The molecule has 0 saturated carbocycles. The van der Waals surface area contributed by atoms with Gasteiger partial charge in [-0.1, -0.05) is 67.9 Å². The molecule has 4 rings (SSSR count). The Morgan fingerprint density at radius 3 is 2.47 bits per heavy atom.